The van der Waals surface area contributed by atoms with Crippen molar-refractivity contribution in [3.05, 3.63) is 120 Å². The van der Waals surface area contributed by atoms with E-state index in [1.54, 1.807) is 0 Å². The molecule has 0 unspecified atom stereocenters. The highest BCUT2D eigenvalue weighted by Crippen LogP contribution is 2.29. The first-order valence-corrected chi connectivity index (χ1v) is 11.4. The summed E-state index contributed by atoms with van der Waals surface area (Å²) >= 11 is 0. The van der Waals surface area contributed by atoms with Crippen molar-refractivity contribution in [1.29, 1.82) is 0 Å². The fourth-order valence-corrected chi connectivity index (χ4v) is 4.84. The molecule has 5 rings (SSSR count). The van der Waals surface area contributed by atoms with Gasteiger partial charge in [0, 0.05) is 26.2 Å². The second-order valence-corrected chi connectivity index (χ2v) is 8.46. The number of hydrogen-bond acceptors (Lipinski definition) is 2. The van der Waals surface area contributed by atoms with Crippen LogP contribution >= 0.6 is 0 Å². The van der Waals surface area contributed by atoms with Crippen LogP contribution in [-0.4, -0.2) is 41.9 Å². The molecule has 1 saturated heterocycles. The summed E-state index contributed by atoms with van der Waals surface area (Å²) in [4.78, 5) is 17.7. The Kier molecular flexibility index (Phi) is 6.00. The van der Waals surface area contributed by atoms with Crippen LogP contribution in [0.1, 0.15) is 22.7 Å². The highest BCUT2D eigenvalue weighted by molar-refractivity contribution is 5.90. The average molecular weight is 421 g/mol. The van der Waals surface area contributed by atoms with Crippen molar-refractivity contribution in [1.82, 2.24) is 9.80 Å². The zero-order chi connectivity index (χ0) is 21.8. The summed E-state index contributed by atoms with van der Waals surface area (Å²) in [5.74, 6) is 0.219. The molecule has 32 heavy (non-hydrogen) atoms. The van der Waals surface area contributed by atoms with Gasteiger partial charge in [-0.1, -0.05) is 103 Å². The molecule has 3 heteroatoms. The number of carbonyl (C=O) groups excluding carboxylic acids is 1. The molecule has 3 nitrogen and oxygen atoms in total. The molecule has 160 valence electrons. The number of rotatable bonds is 5. The summed E-state index contributed by atoms with van der Waals surface area (Å²) in [7, 11) is 0. The average Bonchev–Trinajstić information content (AvgIpc) is 2.86. The lowest BCUT2D eigenvalue weighted by Crippen LogP contribution is -2.50. The topological polar surface area (TPSA) is 23.6 Å². The smallest absolute Gasteiger partial charge is 0.227 e. The minimum atomic E-state index is 0.215. The van der Waals surface area contributed by atoms with Crippen molar-refractivity contribution >= 4 is 16.7 Å². The minimum Gasteiger partial charge on any atom is -0.340 e. The van der Waals surface area contributed by atoms with E-state index in [1.807, 2.05) is 23.1 Å². The number of amides is 1. The molecule has 1 aliphatic heterocycles. The third kappa shape index (κ3) is 4.30. The normalized spacial score (nSPS) is 14.7. The second kappa shape index (κ2) is 9.37. The van der Waals surface area contributed by atoms with E-state index in [-0.39, 0.29) is 11.9 Å². The Labute approximate surface area is 189 Å². The molecular formula is C29H28N2O. The summed E-state index contributed by atoms with van der Waals surface area (Å²) in [5.41, 5.74) is 3.71. The van der Waals surface area contributed by atoms with E-state index in [2.05, 4.69) is 89.8 Å². The van der Waals surface area contributed by atoms with Gasteiger partial charge in [-0.25, -0.2) is 0 Å². The predicted octanol–water partition coefficient (Wildman–Crippen LogP) is 5.32. The van der Waals surface area contributed by atoms with E-state index in [1.165, 1.54) is 21.9 Å². The van der Waals surface area contributed by atoms with E-state index in [9.17, 15) is 4.79 Å². The SMILES string of the molecule is O=C(Cc1cccc2ccccc12)N1CCN(C(c2ccccc2)c2ccccc2)CC1. The number of fused-ring (bicyclic) bond motifs is 1. The van der Waals surface area contributed by atoms with Gasteiger partial charge in [-0.05, 0) is 27.5 Å². The van der Waals surface area contributed by atoms with Crippen LogP contribution in [0, 0.1) is 0 Å². The van der Waals surface area contributed by atoms with Gasteiger partial charge in [0.05, 0.1) is 12.5 Å². The third-order valence-corrected chi connectivity index (χ3v) is 6.48. The van der Waals surface area contributed by atoms with Gasteiger partial charge >= 0.3 is 0 Å². The van der Waals surface area contributed by atoms with Crippen LogP contribution in [0.15, 0.2) is 103 Å². The molecule has 0 aromatic heterocycles. The first-order valence-electron chi connectivity index (χ1n) is 11.4. The molecular weight excluding hydrogens is 392 g/mol. The Hall–Kier alpha value is -3.43. The summed E-state index contributed by atoms with van der Waals surface area (Å²) in [5, 5.41) is 2.37. The molecule has 0 aliphatic carbocycles. The summed E-state index contributed by atoms with van der Waals surface area (Å²) in [6.07, 6.45) is 0.460. The number of nitrogens with zero attached hydrogens (tertiary/aromatic N) is 2. The standard InChI is InChI=1S/C29H28N2O/c32-28(22-26-16-9-15-23-10-7-8-17-27(23)26)30-18-20-31(21-19-30)29(24-11-3-1-4-12-24)25-13-5-2-6-14-25/h1-17,29H,18-22H2. The first kappa shape index (κ1) is 20.5. The van der Waals surface area contributed by atoms with E-state index >= 15 is 0 Å². The largest absolute Gasteiger partial charge is 0.340 e. The van der Waals surface area contributed by atoms with Gasteiger partial charge in [0.15, 0.2) is 0 Å². The number of carbonyl (C=O) groups is 1. The Morgan fingerprint density at radius 1 is 0.656 bits per heavy atom. The molecule has 0 N–H and O–H groups in total. The van der Waals surface area contributed by atoms with Gasteiger partial charge in [0.25, 0.3) is 0 Å². The van der Waals surface area contributed by atoms with E-state index in [4.69, 9.17) is 0 Å². The van der Waals surface area contributed by atoms with Crippen molar-refractivity contribution < 1.29 is 4.79 Å². The van der Waals surface area contributed by atoms with Crippen LogP contribution in [-0.2, 0) is 11.2 Å². The van der Waals surface area contributed by atoms with E-state index in [0.29, 0.717) is 6.42 Å². The Bertz CT molecular complexity index is 1140. The van der Waals surface area contributed by atoms with E-state index in [0.717, 1.165) is 31.7 Å². The van der Waals surface area contributed by atoms with Crippen molar-refractivity contribution in [3.63, 3.8) is 0 Å². The molecule has 1 aliphatic rings. The molecule has 4 aromatic rings. The fraction of sp³-hybridized carbons (Fsp3) is 0.207. The maximum absolute atomic E-state index is 13.1. The lowest BCUT2D eigenvalue weighted by Gasteiger charge is -2.40. The van der Waals surface area contributed by atoms with E-state index < -0.39 is 0 Å². The molecule has 4 aromatic carbocycles. The molecule has 0 bridgehead atoms. The van der Waals surface area contributed by atoms with Crippen LogP contribution in [0.2, 0.25) is 0 Å². The monoisotopic (exact) mass is 420 g/mol. The number of piperazine rings is 1. The quantitative estimate of drug-likeness (QED) is 0.436. The maximum atomic E-state index is 13.1. The van der Waals surface area contributed by atoms with Gasteiger partial charge in [-0.15, -0.1) is 0 Å². The Morgan fingerprint density at radius 2 is 1.22 bits per heavy atom. The van der Waals surface area contributed by atoms with Crippen molar-refractivity contribution in [3.8, 4) is 0 Å². The lowest BCUT2D eigenvalue weighted by atomic mass is 9.96. The van der Waals surface area contributed by atoms with Crippen molar-refractivity contribution in [2.24, 2.45) is 0 Å². The molecule has 0 saturated carbocycles. The lowest BCUT2D eigenvalue weighted by molar-refractivity contribution is -0.132. The second-order valence-electron chi connectivity index (χ2n) is 8.46. The molecule has 0 atom stereocenters. The highest BCUT2D eigenvalue weighted by Gasteiger charge is 2.28. The summed E-state index contributed by atoms with van der Waals surface area (Å²) in [6.45, 7) is 3.27. The van der Waals surface area contributed by atoms with Crippen LogP contribution in [0.25, 0.3) is 10.8 Å². The van der Waals surface area contributed by atoms with Gasteiger partial charge in [0.2, 0.25) is 5.91 Å². The van der Waals surface area contributed by atoms with Crippen LogP contribution in [0.4, 0.5) is 0 Å². The molecule has 0 spiro atoms. The van der Waals surface area contributed by atoms with Crippen LogP contribution in [0.3, 0.4) is 0 Å². The number of hydrogen-bond donors (Lipinski definition) is 0. The summed E-state index contributed by atoms with van der Waals surface area (Å²) in [6, 6.07) is 36.1. The fourth-order valence-electron chi connectivity index (χ4n) is 4.84. The van der Waals surface area contributed by atoms with Gasteiger partial charge in [-0.2, -0.15) is 0 Å². The molecule has 0 radical (unpaired) electrons. The Balaban J connectivity index is 1.30. The molecule has 1 fully saturated rings. The van der Waals surface area contributed by atoms with Crippen molar-refractivity contribution in [2.45, 2.75) is 12.5 Å². The molecule has 1 amide bonds. The van der Waals surface area contributed by atoms with Crippen molar-refractivity contribution in [2.75, 3.05) is 26.2 Å². The van der Waals surface area contributed by atoms with Gasteiger partial charge < -0.3 is 4.90 Å². The third-order valence-electron chi connectivity index (χ3n) is 6.48. The van der Waals surface area contributed by atoms with Crippen LogP contribution in [0.5, 0.6) is 0 Å². The predicted molar refractivity (Wildman–Crippen MR) is 131 cm³/mol. The molecule has 1 heterocycles. The maximum Gasteiger partial charge on any atom is 0.227 e. The van der Waals surface area contributed by atoms with Gasteiger partial charge in [-0.3, -0.25) is 9.69 Å². The summed E-state index contributed by atoms with van der Waals surface area (Å²) < 4.78 is 0. The minimum absolute atomic E-state index is 0.215. The zero-order valence-electron chi connectivity index (χ0n) is 18.2. The van der Waals surface area contributed by atoms with Crippen LogP contribution < -0.4 is 0 Å². The highest BCUT2D eigenvalue weighted by atomic mass is 16.2. The first-order chi connectivity index (χ1) is 15.8. The number of benzene rings is 4. The zero-order valence-corrected chi connectivity index (χ0v) is 18.2. The Morgan fingerprint density at radius 3 is 1.88 bits per heavy atom. The van der Waals surface area contributed by atoms with Gasteiger partial charge in [0.1, 0.15) is 0 Å².